The van der Waals surface area contributed by atoms with E-state index in [1.54, 1.807) is 18.2 Å². The van der Waals surface area contributed by atoms with E-state index in [0.29, 0.717) is 35.4 Å². The zero-order valence-electron chi connectivity index (χ0n) is 26.0. The van der Waals surface area contributed by atoms with Crippen molar-refractivity contribution < 1.29 is 47.2 Å². The van der Waals surface area contributed by atoms with Crippen LogP contribution in [-0.4, -0.2) is 38.5 Å². The fourth-order valence-electron chi connectivity index (χ4n) is 5.31. The van der Waals surface area contributed by atoms with Crippen LogP contribution in [0.4, 0.5) is 13.2 Å². The first kappa shape index (κ1) is 36.0. The number of phenols is 1. The molecule has 0 fully saturated rings. The van der Waals surface area contributed by atoms with E-state index in [9.17, 15) is 42.9 Å². The maximum atomic E-state index is 13.7. The summed E-state index contributed by atoms with van der Waals surface area (Å²) in [6.45, 7) is 3.49. The van der Waals surface area contributed by atoms with Gasteiger partial charge in [0.1, 0.15) is 16.9 Å². The van der Waals surface area contributed by atoms with Crippen LogP contribution in [-0.2, 0) is 12.6 Å². The van der Waals surface area contributed by atoms with Gasteiger partial charge in [0.2, 0.25) is 5.76 Å². The number of carboxylic acid groups (broad SMARTS) is 1. The van der Waals surface area contributed by atoms with Crippen molar-refractivity contribution in [1.29, 1.82) is 0 Å². The second-order valence-electron chi connectivity index (χ2n) is 11.1. The van der Waals surface area contributed by atoms with Crippen LogP contribution in [0.25, 0.3) is 12.2 Å². The molecule has 0 spiro atoms. The molecule has 3 N–H and O–H groups in total. The predicted molar refractivity (Wildman–Crippen MR) is 177 cm³/mol. The molecule has 0 saturated carbocycles. The topological polar surface area (TPSA) is 134 Å². The Balaban J connectivity index is 1.64. The van der Waals surface area contributed by atoms with Gasteiger partial charge in [-0.05, 0) is 55.7 Å². The largest absolute Gasteiger partial charge is 0.507 e. The number of carbonyl (C=O) groups excluding carboxylic acids is 1. The standard InChI is InChI=1S/C36H33F3O8S/c1-3-8-25-28(17-16-24(20(2)40)32(25)42)46-18-7-5-4-6-9-27(31(41)21-10-12-22(13-11-21)36(37,38)39)30-33(43)26-15-14-23(48)19-29(26)47-34(30)35(44)45/h4-6,9-13,15-17,19,27,31,41-42H,3,7-8,14,18H2,1-2H3,(H,44,45)/b5-4-,9-6+/t27-,31-/m1/s1. The zero-order valence-corrected chi connectivity index (χ0v) is 26.9. The molecule has 12 heteroatoms. The highest BCUT2D eigenvalue weighted by Crippen LogP contribution is 2.35. The van der Waals surface area contributed by atoms with E-state index in [0.717, 1.165) is 24.3 Å². The minimum Gasteiger partial charge on any atom is -0.507 e. The first-order valence-corrected chi connectivity index (χ1v) is 15.5. The average molecular weight is 683 g/mol. The van der Waals surface area contributed by atoms with E-state index in [1.165, 1.54) is 37.3 Å². The fraction of sp³-hybridized carbons (Fsp3) is 0.278. The van der Waals surface area contributed by atoms with Gasteiger partial charge in [-0.1, -0.05) is 68.1 Å². The van der Waals surface area contributed by atoms with E-state index in [2.05, 4.69) is 0 Å². The van der Waals surface area contributed by atoms with Gasteiger partial charge < -0.3 is 24.5 Å². The third-order valence-electron chi connectivity index (χ3n) is 7.68. The molecule has 0 amide bonds. The first-order chi connectivity index (χ1) is 22.7. The van der Waals surface area contributed by atoms with Crippen molar-refractivity contribution in [3.63, 3.8) is 0 Å². The van der Waals surface area contributed by atoms with E-state index < -0.39 is 40.9 Å². The van der Waals surface area contributed by atoms with E-state index in [-0.39, 0.29) is 51.9 Å². The highest BCUT2D eigenvalue weighted by atomic mass is 32.1. The van der Waals surface area contributed by atoms with Crippen LogP contribution in [0.1, 0.15) is 88.3 Å². The van der Waals surface area contributed by atoms with Gasteiger partial charge in [-0.25, -0.2) is 4.79 Å². The third kappa shape index (κ3) is 8.18. The zero-order chi connectivity index (χ0) is 35.2. The Morgan fingerprint density at radius 2 is 1.83 bits per heavy atom. The maximum absolute atomic E-state index is 13.7. The molecule has 0 bridgehead atoms. The van der Waals surface area contributed by atoms with Crippen molar-refractivity contribution in [3.8, 4) is 11.5 Å². The normalized spacial score (nSPS) is 14.3. The molecule has 4 rings (SSSR count). The minimum atomic E-state index is -4.61. The molecule has 0 saturated heterocycles. The number of aromatic hydroxyl groups is 1. The summed E-state index contributed by atoms with van der Waals surface area (Å²) in [5.41, 5.74) is -1.31. The molecular formula is C36H33F3O8S. The van der Waals surface area contributed by atoms with Gasteiger partial charge in [-0.3, -0.25) is 9.59 Å². The maximum Gasteiger partial charge on any atom is 0.416 e. The Morgan fingerprint density at radius 1 is 1.12 bits per heavy atom. The van der Waals surface area contributed by atoms with E-state index >= 15 is 0 Å². The smallest absolute Gasteiger partial charge is 0.416 e. The number of aliphatic hydroxyl groups is 1. The lowest BCUT2D eigenvalue weighted by molar-refractivity contribution is -0.137. The summed E-state index contributed by atoms with van der Waals surface area (Å²) in [7, 11) is 0. The Hall–Kier alpha value is -4.81. The van der Waals surface area contributed by atoms with Crippen molar-refractivity contribution in [3.05, 3.63) is 115 Å². The molecule has 0 radical (unpaired) electrons. The van der Waals surface area contributed by atoms with Crippen LogP contribution in [0, 0.1) is 0 Å². The Bertz CT molecular complexity index is 1960. The van der Waals surface area contributed by atoms with E-state index in [4.69, 9.17) is 21.4 Å². The molecule has 1 heterocycles. The molecule has 48 heavy (non-hydrogen) atoms. The number of Topliss-reactive ketones (excluding diaryl/α,β-unsaturated/α-hetero) is 1. The molecule has 2 aromatic carbocycles. The molecule has 3 aromatic rings. The number of halogens is 3. The van der Waals surface area contributed by atoms with Crippen molar-refractivity contribution in [2.24, 2.45) is 0 Å². The number of aromatic carboxylic acids is 1. The van der Waals surface area contributed by atoms with Gasteiger partial charge in [-0.2, -0.15) is 13.2 Å². The fourth-order valence-corrected chi connectivity index (χ4v) is 5.50. The summed E-state index contributed by atoms with van der Waals surface area (Å²) in [6, 6.07) is 6.83. The van der Waals surface area contributed by atoms with Crippen LogP contribution in [0.3, 0.4) is 0 Å². The number of aliphatic hydroxyl groups excluding tert-OH is 1. The quantitative estimate of drug-likeness (QED) is 0.0866. The van der Waals surface area contributed by atoms with Gasteiger partial charge in [0.15, 0.2) is 11.2 Å². The lowest BCUT2D eigenvalue weighted by atomic mass is 9.86. The number of ether oxygens (including phenoxy) is 1. The Labute approximate surface area is 278 Å². The Kier molecular flexibility index (Phi) is 11.6. The molecule has 1 aromatic heterocycles. The number of alkyl halides is 3. The number of allylic oxidation sites excluding steroid dienone is 2. The second-order valence-corrected chi connectivity index (χ2v) is 11.6. The number of rotatable bonds is 13. The SMILES string of the molecule is CCCc1c(OCC/C=C\C=C\[C@H](c2c(C(=O)O)oc3c(c2=O)=CCC(=S)C=3)[C@H](O)c2ccc(C(F)(F)F)cc2)ccc(C(C)=O)c1O. The van der Waals surface area contributed by atoms with Gasteiger partial charge in [0.25, 0.3) is 0 Å². The third-order valence-corrected chi connectivity index (χ3v) is 7.97. The van der Waals surface area contributed by atoms with Crippen LogP contribution in [0.5, 0.6) is 11.5 Å². The number of carboxylic acids is 1. The Morgan fingerprint density at radius 3 is 2.46 bits per heavy atom. The predicted octanol–water partition coefficient (Wildman–Crippen LogP) is 5.95. The summed E-state index contributed by atoms with van der Waals surface area (Å²) in [4.78, 5) is 38.2. The van der Waals surface area contributed by atoms with Crippen molar-refractivity contribution in [2.45, 2.75) is 57.7 Å². The number of fused-ring (bicyclic) bond motifs is 1. The molecule has 1 aliphatic rings. The first-order valence-electron chi connectivity index (χ1n) is 15.1. The van der Waals surface area contributed by atoms with E-state index in [1.807, 2.05) is 6.92 Å². The van der Waals surface area contributed by atoms with Crippen LogP contribution < -0.4 is 20.8 Å². The molecular weight excluding hydrogens is 649 g/mol. The monoisotopic (exact) mass is 682 g/mol. The number of phenolic OH excluding ortho intramolecular Hbond substituents is 1. The summed E-state index contributed by atoms with van der Waals surface area (Å²) >= 11 is 5.16. The molecule has 0 aliphatic heterocycles. The highest BCUT2D eigenvalue weighted by Gasteiger charge is 2.33. The van der Waals surface area contributed by atoms with Crippen molar-refractivity contribution in [1.82, 2.24) is 0 Å². The average Bonchev–Trinajstić information content (AvgIpc) is 3.03. The molecule has 1 aliphatic carbocycles. The summed E-state index contributed by atoms with van der Waals surface area (Å²) in [5, 5.41) is 32.0. The van der Waals surface area contributed by atoms with Crippen molar-refractivity contribution >= 4 is 41.0 Å². The lowest BCUT2D eigenvalue weighted by Gasteiger charge is -2.22. The van der Waals surface area contributed by atoms with Gasteiger partial charge in [0.05, 0.1) is 34.6 Å². The molecule has 8 nitrogen and oxygen atoms in total. The van der Waals surface area contributed by atoms with Gasteiger partial charge in [-0.15, -0.1) is 0 Å². The number of carbonyl (C=O) groups is 2. The number of hydrogen-bond acceptors (Lipinski definition) is 8. The summed E-state index contributed by atoms with van der Waals surface area (Å²) in [6.07, 6.45) is 4.62. The second kappa shape index (κ2) is 15.4. The van der Waals surface area contributed by atoms with Gasteiger partial charge >= 0.3 is 12.1 Å². The molecule has 252 valence electrons. The van der Waals surface area contributed by atoms with Gasteiger partial charge in [0, 0.05) is 22.8 Å². The van der Waals surface area contributed by atoms with Crippen LogP contribution in [0.2, 0.25) is 0 Å². The number of thiocarbonyl (C=S) groups is 1. The molecule has 2 atom stereocenters. The lowest BCUT2D eigenvalue weighted by Crippen LogP contribution is -2.45. The minimum absolute atomic E-state index is 0.0159. The summed E-state index contributed by atoms with van der Waals surface area (Å²) in [5.74, 6) is -3.57. The van der Waals surface area contributed by atoms with Crippen molar-refractivity contribution in [2.75, 3.05) is 6.61 Å². The molecule has 0 unspecified atom stereocenters. The van der Waals surface area contributed by atoms with Crippen LogP contribution in [0.15, 0.2) is 69.9 Å². The number of hydrogen-bond donors (Lipinski definition) is 3. The number of ketones is 1. The number of benzene rings is 2. The highest BCUT2D eigenvalue weighted by molar-refractivity contribution is 7.81. The van der Waals surface area contributed by atoms with Crippen LogP contribution >= 0.6 is 12.2 Å². The summed E-state index contributed by atoms with van der Waals surface area (Å²) < 4.78 is 51.0.